The number of allylic oxidation sites excluding steroid dienone is 1. The summed E-state index contributed by atoms with van der Waals surface area (Å²) in [4.78, 5) is 62.8. The van der Waals surface area contributed by atoms with Gasteiger partial charge < -0.3 is 34.4 Å². The van der Waals surface area contributed by atoms with Crippen LogP contribution in [0.2, 0.25) is 0 Å². The van der Waals surface area contributed by atoms with Crippen LogP contribution in [-0.2, 0) is 33.4 Å². The van der Waals surface area contributed by atoms with Crippen LogP contribution in [0.3, 0.4) is 0 Å². The number of carbonyl (C=O) groups is 4. The Labute approximate surface area is 302 Å². The van der Waals surface area contributed by atoms with Crippen LogP contribution in [-0.4, -0.2) is 126 Å². The molecule has 5 aliphatic heterocycles. The number of rotatable bonds is 8. The number of halogens is 1. The summed E-state index contributed by atoms with van der Waals surface area (Å²) in [6, 6.07) is 6.83. The first-order chi connectivity index (χ1) is 24.1. The molecule has 5 bridgehead atoms. The summed E-state index contributed by atoms with van der Waals surface area (Å²) in [5, 5.41) is 13.7. The lowest BCUT2D eigenvalue weighted by atomic mass is 9.74. The normalized spacial score (nSPS) is 33.7. The fourth-order valence-corrected chi connectivity index (χ4v) is 8.95. The summed E-state index contributed by atoms with van der Waals surface area (Å²) in [6.07, 6.45) is 5.01. The number of aliphatic hydroxyl groups excluding tert-OH is 1. The summed E-state index contributed by atoms with van der Waals surface area (Å²) in [7, 11) is 0. The van der Waals surface area contributed by atoms with Crippen LogP contribution in [0, 0.1) is 17.8 Å². The van der Waals surface area contributed by atoms with E-state index in [0.717, 1.165) is 13.1 Å². The summed E-state index contributed by atoms with van der Waals surface area (Å²) in [5.41, 5.74) is -0.761. The molecule has 8 atom stereocenters. The highest BCUT2D eigenvalue weighted by Crippen LogP contribution is 2.59. The number of morpholine rings is 1. The monoisotopic (exact) mass is 756 g/mol. The zero-order valence-electron chi connectivity index (χ0n) is 29.0. The molecule has 13 heteroatoms. The molecule has 272 valence electrons. The van der Waals surface area contributed by atoms with Crippen molar-refractivity contribution in [3.05, 3.63) is 58.6 Å². The third-order valence-electron chi connectivity index (χ3n) is 10.6. The van der Waals surface area contributed by atoms with Gasteiger partial charge in [0.1, 0.15) is 29.8 Å². The second kappa shape index (κ2) is 15.6. The number of cyclic esters (lactones) is 1. The van der Waals surface area contributed by atoms with Crippen molar-refractivity contribution in [2.45, 2.75) is 76.0 Å². The molecule has 1 spiro atoms. The number of hydrogen-bond donors (Lipinski definition) is 2. The van der Waals surface area contributed by atoms with E-state index >= 15 is 4.79 Å². The van der Waals surface area contributed by atoms with E-state index in [2.05, 4.69) is 26.1 Å². The second-order valence-electron chi connectivity index (χ2n) is 14.4. The van der Waals surface area contributed by atoms with E-state index in [0.29, 0.717) is 49.2 Å². The highest BCUT2D eigenvalue weighted by molar-refractivity contribution is 9.11. The summed E-state index contributed by atoms with van der Waals surface area (Å²) < 4.78 is 19.0. The summed E-state index contributed by atoms with van der Waals surface area (Å²) in [6.45, 7) is 9.44. The van der Waals surface area contributed by atoms with Crippen LogP contribution in [0.1, 0.15) is 51.7 Å². The quantitative estimate of drug-likeness (QED) is 0.303. The smallest absolute Gasteiger partial charge is 0.313 e. The molecule has 5 heterocycles. The zero-order chi connectivity index (χ0) is 35.6. The molecule has 12 nitrogen and oxygen atoms in total. The number of aliphatic hydroxyl groups is 1. The molecular weight excluding hydrogens is 708 g/mol. The van der Waals surface area contributed by atoms with E-state index in [-0.39, 0.29) is 37.3 Å². The maximum absolute atomic E-state index is 15.0. The number of esters is 1. The second-order valence-corrected chi connectivity index (χ2v) is 15.3. The maximum Gasteiger partial charge on any atom is 0.313 e. The van der Waals surface area contributed by atoms with Crippen LogP contribution in [0.4, 0.5) is 0 Å². The fourth-order valence-electron chi connectivity index (χ4n) is 8.21. The van der Waals surface area contributed by atoms with Gasteiger partial charge in [0.25, 0.3) is 0 Å². The number of amides is 3. The van der Waals surface area contributed by atoms with E-state index in [9.17, 15) is 19.5 Å². The van der Waals surface area contributed by atoms with Crippen LogP contribution < -0.4 is 5.32 Å². The van der Waals surface area contributed by atoms with Gasteiger partial charge in [-0.2, -0.15) is 0 Å². The van der Waals surface area contributed by atoms with Gasteiger partial charge in [-0.25, -0.2) is 0 Å². The minimum atomic E-state index is -1.46. The van der Waals surface area contributed by atoms with Gasteiger partial charge in [-0.3, -0.25) is 24.1 Å². The molecule has 0 aliphatic carbocycles. The van der Waals surface area contributed by atoms with Crippen LogP contribution in [0.25, 0.3) is 0 Å². The van der Waals surface area contributed by atoms with Gasteiger partial charge in [-0.1, -0.05) is 72.3 Å². The molecule has 3 fully saturated rings. The number of carbonyl (C=O) groups excluding carboxylic acids is 4. The van der Waals surface area contributed by atoms with Crippen molar-refractivity contribution in [1.29, 1.82) is 0 Å². The molecule has 0 saturated carbocycles. The Balaban J connectivity index is 1.43. The number of hydrogen-bond acceptors (Lipinski definition) is 9. The van der Waals surface area contributed by atoms with Gasteiger partial charge in [0, 0.05) is 43.6 Å². The molecule has 0 aromatic heterocycles. The van der Waals surface area contributed by atoms with Gasteiger partial charge in [-0.15, -0.1) is 0 Å². The maximum atomic E-state index is 15.0. The highest BCUT2D eigenvalue weighted by atomic mass is 79.9. The number of likely N-dealkylation sites (tertiary alicyclic amines) is 1. The Morgan fingerprint density at radius 1 is 1.02 bits per heavy atom. The van der Waals surface area contributed by atoms with Crippen molar-refractivity contribution in [2.75, 3.05) is 52.5 Å². The lowest BCUT2D eigenvalue weighted by Crippen LogP contribution is -2.59. The third-order valence-corrected chi connectivity index (χ3v) is 11.2. The third kappa shape index (κ3) is 7.16. The number of ether oxygens (including phenoxy) is 3. The average molecular weight is 758 g/mol. The first-order valence-corrected chi connectivity index (χ1v) is 18.6. The predicted molar refractivity (Wildman–Crippen MR) is 188 cm³/mol. The SMILES string of the molecule is CC(C)C[C@H](CO)N1C(=O)[C@@H]2[C@H]3C(=O)O[C@@H](c4ccccc4)[C@H](C)NC(=O)CC/C=C\CN(CCN4CCOCC4)C(=O)[C@@H]1[C@]21C=C(Br)[C@H]3O1. The number of nitrogens with zero attached hydrogens (tertiary/aromatic N) is 3. The van der Waals surface area contributed by atoms with Crippen molar-refractivity contribution in [3.63, 3.8) is 0 Å². The summed E-state index contributed by atoms with van der Waals surface area (Å²) in [5.74, 6) is -3.57. The molecule has 1 aromatic rings. The van der Waals surface area contributed by atoms with Gasteiger partial charge in [0.15, 0.2) is 0 Å². The average Bonchev–Trinajstić information content (AvgIpc) is 3.70. The molecule has 0 radical (unpaired) electrons. The van der Waals surface area contributed by atoms with E-state index in [4.69, 9.17) is 14.2 Å². The zero-order valence-corrected chi connectivity index (χ0v) is 30.6. The molecule has 2 N–H and O–H groups in total. The fraction of sp³-hybridized carbons (Fsp3) is 0.622. The molecule has 0 unspecified atom stereocenters. The Morgan fingerprint density at radius 2 is 1.76 bits per heavy atom. The molecule has 50 heavy (non-hydrogen) atoms. The molecule has 5 aliphatic rings. The minimum absolute atomic E-state index is 0.114. The van der Waals surface area contributed by atoms with Crippen LogP contribution in [0.5, 0.6) is 0 Å². The van der Waals surface area contributed by atoms with Crippen molar-refractivity contribution < 1.29 is 38.5 Å². The topological polar surface area (TPSA) is 138 Å². The Hall–Kier alpha value is -3.10. The van der Waals surface area contributed by atoms with E-state index < -0.39 is 59.6 Å². The highest BCUT2D eigenvalue weighted by Gasteiger charge is 2.75. The Morgan fingerprint density at radius 3 is 2.46 bits per heavy atom. The number of fused-ring (bicyclic) bond motifs is 2. The van der Waals surface area contributed by atoms with Crippen molar-refractivity contribution >= 4 is 39.6 Å². The number of nitrogens with one attached hydrogen (secondary N) is 1. The molecular formula is C37H49BrN4O8. The molecule has 6 rings (SSSR count). The standard InChI is InChI=1S/C37H49BrN4O8/c1-23(2)20-26(22-43)42-33-35(46)41(15-14-40-16-18-48-19-17-40)13-9-5-8-12-28(44)39-24(3)31(25-10-6-4-7-11-25)49-36(47)29-30(34(42)45)37(33)21-27(38)32(29)50-37/h4-7,9-11,21,23-24,26,29-33,43H,8,12-20,22H2,1-3H3,(H,39,44)/b9-5-/t24-,26+,29+,30-,31+,32+,33+,37-/m0/s1. The van der Waals surface area contributed by atoms with Gasteiger partial charge >= 0.3 is 5.97 Å². The molecule has 3 saturated heterocycles. The van der Waals surface area contributed by atoms with Crippen molar-refractivity contribution in [2.24, 2.45) is 17.8 Å². The Kier molecular flexibility index (Phi) is 11.5. The predicted octanol–water partition coefficient (Wildman–Crippen LogP) is 2.57. The van der Waals surface area contributed by atoms with Gasteiger partial charge in [0.2, 0.25) is 17.7 Å². The van der Waals surface area contributed by atoms with Crippen LogP contribution in [0.15, 0.2) is 53.0 Å². The van der Waals surface area contributed by atoms with Gasteiger partial charge in [0.05, 0.1) is 37.8 Å². The lowest BCUT2D eigenvalue weighted by Gasteiger charge is -2.39. The largest absolute Gasteiger partial charge is 0.455 e. The van der Waals surface area contributed by atoms with E-state index in [1.165, 1.54) is 4.90 Å². The Bertz CT molecular complexity index is 1480. The first kappa shape index (κ1) is 36.7. The van der Waals surface area contributed by atoms with Crippen molar-refractivity contribution in [1.82, 2.24) is 20.0 Å². The minimum Gasteiger partial charge on any atom is -0.455 e. The molecule has 1 aromatic carbocycles. The molecule has 3 amide bonds. The van der Waals surface area contributed by atoms with Crippen molar-refractivity contribution in [3.8, 4) is 0 Å². The van der Waals surface area contributed by atoms with Crippen LogP contribution >= 0.6 is 15.9 Å². The summed E-state index contributed by atoms with van der Waals surface area (Å²) >= 11 is 3.63. The van der Waals surface area contributed by atoms with Gasteiger partial charge in [-0.05, 0) is 37.3 Å². The number of benzene rings is 1. The first-order valence-electron chi connectivity index (χ1n) is 17.8. The van der Waals surface area contributed by atoms with E-state index in [1.54, 1.807) is 17.9 Å². The van der Waals surface area contributed by atoms with E-state index in [1.807, 2.05) is 56.3 Å². The lowest BCUT2D eigenvalue weighted by molar-refractivity contribution is -0.162.